The molecule has 0 radical (unpaired) electrons. The van der Waals surface area contributed by atoms with E-state index in [-0.39, 0.29) is 18.4 Å². The van der Waals surface area contributed by atoms with Crippen molar-refractivity contribution < 1.29 is 19.1 Å². The number of nitrogens with one attached hydrogen (secondary N) is 2. The van der Waals surface area contributed by atoms with E-state index in [2.05, 4.69) is 17.6 Å². The Morgan fingerprint density at radius 1 is 0.875 bits per heavy atom. The highest BCUT2D eigenvalue weighted by Gasteiger charge is 2.33. The number of hydrogen-bond donors (Lipinski definition) is 2. The minimum atomic E-state index is -0.858. The molecular weight excluding hydrogens is 502 g/mol. The van der Waals surface area contributed by atoms with E-state index >= 15 is 0 Å². The summed E-state index contributed by atoms with van der Waals surface area (Å²) in [6.45, 7) is 15.5. The molecule has 0 aliphatic carbocycles. The number of aryl methyl sites for hydroxylation is 4. The van der Waals surface area contributed by atoms with E-state index in [4.69, 9.17) is 4.74 Å². The fourth-order valence-corrected chi connectivity index (χ4v) is 4.81. The van der Waals surface area contributed by atoms with Gasteiger partial charge >= 0.3 is 6.09 Å². The third kappa shape index (κ3) is 10.3. The van der Waals surface area contributed by atoms with Crippen LogP contribution in [0.1, 0.15) is 100 Å². The number of hydrogen-bond acceptors (Lipinski definition) is 4. The minimum absolute atomic E-state index is 0.261. The van der Waals surface area contributed by atoms with Gasteiger partial charge < -0.3 is 20.3 Å². The van der Waals surface area contributed by atoms with Gasteiger partial charge in [-0.3, -0.25) is 9.59 Å². The van der Waals surface area contributed by atoms with Gasteiger partial charge in [-0.25, -0.2) is 4.79 Å². The van der Waals surface area contributed by atoms with Crippen LogP contribution in [-0.4, -0.2) is 41.5 Å². The Morgan fingerprint density at radius 2 is 1.50 bits per heavy atom. The molecule has 0 bridgehead atoms. The number of nitrogens with zero attached hydrogens (tertiary/aromatic N) is 1. The fraction of sp³-hybridized carbons (Fsp3) is 0.545. The zero-order valence-corrected chi connectivity index (χ0v) is 25.8. The number of alkyl carbamates (subject to hydrolysis) is 1. The molecule has 7 nitrogen and oxygen atoms in total. The Hall–Kier alpha value is -3.35. The molecule has 0 aromatic heterocycles. The number of anilines is 1. The van der Waals surface area contributed by atoms with Gasteiger partial charge in [0.05, 0.1) is 0 Å². The first-order chi connectivity index (χ1) is 18.8. The third-order valence-electron chi connectivity index (χ3n) is 6.86. The van der Waals surface area contributed by atoms with Crippen LogP contribution in [-0.2, 0) is 14.3 Å². The summed E-state index contributed by atoms with van der Waals surface area (Å²) in [6, 6.07) is 10.9. The van der Waals surface area contributed by atoms with Crippen molar-refractivity contribution >= 4 is 23.6 Å². The van der Waals surface area contributed by atoms with Crippen molar-refractivity contribution in [2.75, 3.05) is 18.4 Å². The van der Waals surface area contributed by atoms with Crippen LogP contribution in [0.5, 0.6) is 0 Å². The van der Waals surface area contributed by atoms with E-state index in [9.17, 15) is 14.4 Å². The monoisotopic (exact) mass is 551 g/mol. The molecule has 0 saturated carbocycles. The lowest BCUT2D eigenvalue weighted by Crippen LogP contribution is -2.47. The second-order valence-electron chi connectivity index (χ2n) is 11.7. The molecule has 0 aliphatic heterocycles. The first-order valence-electron chi connectivity index (χ1n) is 14.5. The van der Waals surface area contributed by atoms with Gasteiger partial charge in [0.1, 0.15) is 18.2 Å². The van der Waals surface area contributed by atoms with E-state index in [1.807, 2.05) is 64.1 Å². The standard InChI is InChI=1S/C33H49N3O4/c1-9-10-11-12-13-14-20-36(28(37)22-34-32(39)40-33(6,7)8)30(27-19-18-23(2)21-26(27)5)31(38)35-29-24(3)16-15-17-25(29)4/h15-19,21,30H,9-14,20,22H2,1-8H3,(H,34,39)(H,35,38). The maximum Gasteiger partial charge on any atom is 0.408 e. The van der Waals surface area contributed by atoms with E-state index in [0.29, 0.717) is 6.54 Å². The maximum atomic E-state index is 14.1. The Morgan fingerprint density at radius 3 is 2.10 bits per heavy atom. The van der Waals surface area contributed by atoms with E-state index < -0.39 is 17.7 Å². The van der Waals surface area contributed by atoms with Crippen molar-refractivity contribution in [1.29, 1.82) is 0 Å². The van der Waals surface area contributed by atoms with Gasteiger partial charge in [0.2, 0.25) is 5.91 Å². The van der Waals surface area contributed by atoms with Crippen LogP contribution in [0.2, 0.25) is 0 Å². The molecule has 0 spiro atoms. The molecule has 0 aliphatic rings. The highest BCUT2D eigenvalue weighted by molar-refractivity contribution is 5.99. The van der Waals surface area contributed by atoms with Crippen LogP contribution in [0.3, 0.4) is 0 Å². The molecule has 0 fully saturated rings. The predicted octanol–water partition coefficient (Wildman–Crippen LogP) is 7.31. The third-order valence-corrected chi connectivity index (χ3v) is 6.86. The molecule has 2 N–H and O–H groups in total. The number of benzene rings is 2. The summed E-state index contributed by atoms with van der Waals surface area (Å²) in [7, 11) is 0. The smallest absolute Gasteiger partial charge is 0.408 e. The lowest BCUT2D eigenvalue weighted by molar-refractivity contribution is -0.138. The number of amides is 3. The van der Waals surface area contributed by atoms with Gasteiger partial charge in [0.15, 0.2) is 0 Å². The molecule has 0 saturated heterocycles. The number of para-hydroxylation sites is 1. The van der Waals surface area contributed by atoms with Gasteiger partial charge in [-0.05, 0) is 77.1 Å². The second-order valence-corrected chi connectivity index (χ2v) is 11.7. The molecule has 2 rings (SSSR count). The summed E-state index contributed by atoms with van der Waals surface area (Å²) in [5.74, 6) is -0.609. The van der Waals surface area contributed by atoms with E-state index in [0.717, 1.165) is 65.6 Å². The summed E-state index contributed by atoms with van der Waals surface area (Å²) < 4.78 is 5.33. The number of ether oxygens (including phenoxy) is 1. The minimum Gasteiger partial charge on any atom is -0.444 e. The quantitative estimate of drug-likeness (QED) is 0.255. The van der Waals surface area contributed by atoms with Crippen molar-refractivity contribution in [1.82, 2.24) is 10.2 Å². The lowest BCUT2D eigenvalue weighted by atomic mass is 9.96. The average Bonchev–Trinajstić information content (AvgIpc) is 2.86. The van der Waals surface area contributed by atoms with Crippen LogP contribution in [0.25, 0.3) is 0 Å². The Balaban J connectivity index is 2.43. The van der Waals surface area contributed by atoms with Crippen LogP contribution in [0.15, 0.2) is 36.4 Å². The number of rotatable bonds is 13. The zero-order valence-electron chi connectivity index (χ0n) is 25.8. The normalized spacial score (nSPS) is 12.0. The predicted molar refractivity (Wildman–Crippen MR) is 163 cm³/mol. The fourth-order valence-electron chi connectivity index (χ4n) is 4.81. The van der Waals surface area contributed by atoms with Crippen molar-refractivity contribution in [3.63, 3.8) is 0 Å². The second kappa shape index (κ2) is 15.4. The summed E-state index contributed by atoms with van der Waals surface area (Å²) >= 11 is 0. The maximum absolute atomic E-state index is 14.1. The Kier molecular flexibility index (Phi) is 12.7. The van der Waals surface area contributed by atoms with Crippen molar-refractivity contribution in [3.05, 3.63) is 64.2 Å². The summed E-state index contributed by atoms with van der Waals surface area (Å²) in [6.07, 6.45) is 5.64. The van der Waals surface area contributed by atoms with Gasteiger partial charge in [-0.15, -0.1) is 0 Å². The Labute approximate surface area is 241 Å². The molecule has 1 atom stereocenters. The van der Waals surface area contributed by atoms with Gasteiger partial charge in [-0.1, -0.05) is 81.0 Å². The topological polar surface area (TPSA) is 87.7 Å². The first kappa shape index (κ1) is 32.9. The molecule has 7 heteroatoms. The van der Waals surface area contributed by atoms with Crippen LogP contribution in [0, 0.1) is 27.7 Å². The molecule has 2 aromatic rings. The summed E-state index contributed by atoms with van der Waals surface area (Å²) in [5.41, 5.74) is 4.75. The number of carbonyl (C=O) groups excluding carboxylic acids is 3. The Bertz CT molecular complexity index is 1130. The van der Waals surface area contributed by atoms with E-state index in [1.165, 1.54) is 6.42 Å². The van der Waals surface area contributed by atoms with Crippen molar-refractivity contribution in [3.8, 4) is 0 Å². The van der Waals surface area contributed by atoms with E-state index in [1.54, 1.807) is 25.7 Å². The van der Waals surface area contributed by atoms with Crippen molar-refractivity contribution in [2.45, 2.75) is 106 Å². The molecule has 40 heavy (non-hydrogen) atoms. The summed E-state index contributed by atoms with van der Waals surface area (Å²) in [4.78, 5) is 41.8. The number of carbonyl (C=O) groups is 3. The molecule has 3 amide bonds. The SMILES string of the molecule is CCCCCCCCN(C(=O)CNC(=O)OC(C)(C)C)C(C(=O)Nc1c(C)cccc1C)c1ccc(C)cc1C. The zero-order chi connectivity index (χ0) is 29.9. The van der Waals surface area contributed by atoms with Crippen molar-refractivity contribution in [2.24, 2.45) is 0 Å². The van der Waals surface area contributed by atoms with Crippen LogP contribution < -0.4 is 10.6 Å². The van der Waals surface area contributed by atoms with Gasteiger partial charge in [0, 0.05) is 12.2 Å². The van der Waals surface area contributed by atoms with Crippen LogP contribution >= 0.6 is 0 Å². The van der Waals surface area contributed by atoms with Crippen LogP contribution in [0.4, 0.5) is 10.5 Å². The van der Waals surface area contributed by atoms with Gasteiger partial charge in [-0.2, -0.15) is 0 Å². The highest BCUT2D eigenvalue weighted by Crippen LogP contribution is 2.29. The molecule has 0 heterocycles. The first-order valence-corrected chi connectivity index (χ1v) is 14.5. The summed E-state index contributed by atoms with van der Waals surface area (Å²) in [5, 5.41) is 5.71. The molecular formula is C33H49N3O4. The largest absolute Gasteiger partial charge is 0.444 e. The average molecular weight is 552 g/mol. The highest BCUT2D eigenvalue weighted by atomic mass is 16.6. The van der Waals surface area contributed by atoms with Gasteiger partial charge in [0.25, 0.3) is 5.91 Å². The number of unbranched alkanes of at least 4 members (excludes halogenated alkanes) is 5. The lowest BCUT2D eigenvalue weighted by Gasteiger charge is -2.33. The molecule has 2 aromatic carbocycles. The molecule has 220 valence electrons. The molecule has 1 unspecified atom stereocenters.